The first kappa shape index (κ1) is 12.9. The average Bonchev–Trinajstić information content (AvgIpc) is 3.18. The van der Waals surface area contributed by atoms with E-state index in [1.807, 2.05) is 0 Å². The SMILES string of the molecule is CCCNC(=O)CNC1CCCC(C2CC2)C1. The maximum atomic E-state index is 11.5. The van der Waals surface area contributed by atoms with Crippen molar-refractivity contribution in [3.8, 4) is 0 Å². The van der Waals surface area contributed by atoms with Crippen LogP contribution < -0.4 is 10.6 Å². The standard InChI is InChI=1S/C14H26N2O/c1-2-8-15-14(17)10-16-13-5-3-4-12(9-13)11-6-7-11/h11-13,16H,2-10H2,1H3,(H,15,17). The molecule has 0 radical (unpaired) electrons. The van der Waals surface area contributed by atoms with Crippen molar-refractivity contribution in [2.24, 2.45) is 11.8 Å². The van der Waals surface area contributed by atoms with Crippen LogP contribution in [0.25, 0.3) is 0 Å². The van der Waals surface area contributed by atoms with Crippen molar-refractivity contribution in [1.29, 1.82) is 0 Å². The molecule has 3 nitrogen and oxygen atoms in total. The van der Waals surface area contributed by atoms with Crippen molar-refractivity contribution in [1.82, 2.24) is 10.6 Å². The Morgan fingerprint density at radius 2 is 2.00 bits per heavy atom. The maximum absolute atomic E-state index is 11.5. The third kappa shape index (κ3) is 4.30. The van der Waals surface area contributed by atoms with E-state index in [9.17, 15) is 4.79 Å². The lowest BCUT2D eigenvalue weighted by atomic mass is 9.83. The smallest absolute Gasteiger partial charge is 0.233 e. The van der Waals surface area contributed by atoms with Crippen LogP contribution in [0.3, 0.4) is 0 Å². The van der Waals surface area contributed by atoms with Gasteiger partial charge in [-0.25, -0.2) is 0 Å². The molecule has 2 rings (SSSR count). The fraction of sp³-hybridized carbons (Fsp3) is 0.929. The van der Waals surface area contributed by atoms with Gasteiger partial charge in [-0.15, -0.1) is 0 Å². The molecular formula is C14H26N2O. The minimum absolute atomic E-state index is 0.153. The number of rotatable bonds is 6. The molecule has 0 heterocycles. The van der Waals surface area contributed by atoms with Gasteiger partial charge < -0.3 is 10.6 Å². The Labute approximate surface area is 105 Å². The summed E-state index contributed by atoms with van der Waals surface area (Å²) in [6.45, 7) is 3.38. The molecule has 0 aromatic heterocycles. The summed E-state index contributed by atoms with van der Waals surface area (Å²) < 4.78 is 0. The van der Waals surface area contributed by atoms with Gasteiger partial charge in [-0.3, -0.25) is 4.79 Å². The van der Waals surface area contributed by atoms with Crippen molar-refractivity contribution in [3.05, 3.63) is 0 Å². The molecule has 0 spiro atoms. The first-order chi connectivity index (χ1) is 8.29. The van der Waals surface area contributed by atoms with Gasteiger partial charge in [0.25, 0.3) is 0 Å². The molecule has 0 aromatic rings. The Hall–Kier alpha value is -0.570. The highest BCUT2D eigenvalue weighted by Crippen LogP contribution is 2.43. The molecule has 0 aromatic carbocycles. The number of amides is 1. The summed E-state index contributed by atoms with van der Waals surface area (Å²) in [5.74, 6) is 2.12. The number of hydrogen-bond acceptors (Lipinski definition) is 2. The topological polar surface area (TPSA) is 41.1 Å². The number of hydrogen-bond donors (Lipinski definition) is 2. The molecule has 1 amide bonds. The molecule has 17 heavy (non-hydrogen) atoms. The zero-order chi connectivity index (χ0) is 12.1. The lowest BCUT2D eigenvalue weighted by Gasteiger charge is -2.29. The van der Waals surface area contributed by atoms with Gasteiger partial charge in [-0.2, -0.15) is 0 Å². The highest BCUT2D eigenvalue weighted by molar-refractivity contribution is 5.77. The quantitative estimate of drug-likeness (QED) is 0.744. The average molecular weight is 238 g/mol. The lowest BCUT2D eigenvalue weighted by molar-refractivity contribution is -0.120. The molecule has 2 fully saturated rings. The van der Waals surface area contributed by atoms with Gasteiger partial charge in [-0.05, 0) is 43.9 Å². The van der Waals surface area contributed by atoms with Crippen LogP contribution in [-0.4, -0.2) is 25.0 Å². The predicted molar refractivity (Wildman–Crippen MR) is 69.8 cm³/mol. The summed E-state index contributed by atoms with van der Waals surface area (Å²) in [6, 6.07) is 0.585. The normalized spacial score (nSPS) is 29.0. The van der Waals surface area contributed by atoms with Crippen LogP contribution in [0, 0.1) is 11.8 Å². The first-order valence-corrected chi connectivity index (χ1v) is 7.29. The van der Waals surface area contributed by atoms with Gasteiger partial charge in [0, 0.05) is 12.6 Å². The molecule has 2 aliphatic rings. The summed E-state index contributed by atoms with van der Waals surface area (Å²) >= 11 is 0. The molecule has 0 bridgehead atoms. The minimum Gasteiger partial charge on any atom is -0.355 e. The van der Waals surface area contributed by atoms with Gasteiger partial charge in [0.15, 0.2) is 0 Å². The third-order valence-corrected chi connectivity index (χ3v) is 4.13. The fourth-order valence-corrected chi connectivity index (χ4v) is 2.97. The van der Waals surface area contributed by atoms with Gasteiger partial charge in [0.1, 0.15) is 0 Å². The van der Waals surface area contributed by atoms with E-state index >= 15 is 0 Å². The second-order valence-corrected chi connectivity index (χ2v) is 5.69. The maximum Gasteiger partial charge on any atom is 0.233 e. The van der Waals surface area contributed by atoms with Crippen LogP contribution in [0.2, 0.25) is 0 Å². The minimum atomic E-state index is 0.153. The van der Waals surface area contributed by atoms with E-state index in [-0.39, 0.29) is 5.91 Å². The number of carbonyl (C=O) groups excluding carboxylic acids is 1. The molecule has 98 valence electrons. The fourth-order valence-electron chi connectivity index (χ4n) is 2.97. The second kappa shape index (κ2) is 6.39. The van der Waals surface area contributed by atoms with Crippen molar-refractivity contribution >= 4 is 5.91 Å². The molecule has 2 N–H and O–H groups in total. The third-order valence-electron chi connectivity index (χ3n) is 4.13. The monoisotopic (exact) mass is 238 g/mol. The van der Waals surface area contributed by atoms with Crippen LogP contribution in [0.15, 0.2) is 0 Å². The van der Waals surface area contributed by atoms with Crippen molar-refractivity contribution in [2.45, 2.75) is 57.9 Å². The Morgan fingerprint density at radius 3 is 2.71 bits per heavy atom. The van der Waals surface area contributed by atoms with Gasteiger partial charge in [-0.1, -0.05) is 19.8 Å². The van der Waals surface area contributed by atoms with Gasteiger partial charge in [0.05, 0.1) is 6.54 Å². The molecule has 0 aliphatic heterocycles. The molecule has 3 heteroatoms. The Balaban J connectivity index is 1.62. The largest absolute Gasteiger partial charge is 0.355 e. The van der Waals surface area contributed by atoms with E-state index in [0.29, 0.717) is 12.6 Å². The zero-order valence-corrected chi connectivity index (χ0v) is 11.0. The van der Waals surface area contributed by atoms with Crippen molar-refractivity contribution < 1.29 is 4.79 Å². The van der Waals surface area contributed by atoms with Gasteiger partial charge >= 0.3 is 0 Å². The predicted octanol–water partition coefficient (Wildman–Crippen LogP) is 2.07. The summed E-state index contributed by atoms with van der Waals surface area (Å²) in [5.41, 5.74) is 0. The molecular weight excluding hydrogens is 212 g/mol. The summed E-state index contributed by atoms with van der Waals surface area (Å²) in [4.78, 5) is 11.5. The van der Waals surface area contributed by atoms with E-state index in [1.54, 1.807) is 0 Å². The number of carbonyl (C=O) groups is 1. The molecule has 0 saturated heterocycles. The lowest BCUT2D eigenvalue weighted by Crippen LogP contribution is -2.41. The highest BCUT2D eigenvalue weighted by atomic mass is 16.1. The Morgan fingerprint density at radius 1 is 1.18 bits per heavy atom. The van der Waals surface area contributed by atoms with E-state index in [0.717, 1.165) is 24.8 Å². The molecule has 2 unspecified atom stereocenters. The summed E-state index contributed by atoms with van der Waals surface area (Å²) in [5, 5.41) is 6.35. The zero-order valence-electron chi connectivity index (χ0n) is 11.0. The van der Waals surface area contributed by atoms with E-state index in [1.165, 1.54) is 38.5 Å². The van der Waals surface area contributed by atoms with Gasteiger partial charge in [0.2, 0.25) is 5.91 Å². The number of nitrogens with one attached hydrogen (secondary N) is 2. The van der Waals surface area contributed by atoms with Crippen molar-refractivity contribution in [2.75, 3.05) is 13.1 Å². The second-order valence-electron chi connectivity index (χ2n) is 5.69. The molecule has 2 aliphatic carbocycles. The molecule has 2 atom stereocenters. The van der Waals surface area contributed by atoms with Crippen LogP contribution in [0.1, 0.15) is 51.9 Å². The van der Waals surface area contributed by atoms with E-state index in [2.05, 4.69) is 17.6 Å². The van der Waals surface area contributed by atoms with E-state index < -0.39 is 0 Å². The van der Waals surface area contributed by atoms with Crippen molar-refractivity contribution in [3.63, 3.8) is 0 Å². The van der Waals surface area contributed by atoms with Crippen LogP contribution in [0.4, 0.5) is 0 Å². The van der Waals surface area contributed by atoms with E-state index in [4.69, 9.17) is 0 Å². The van der Waals surface area contributed by atoms with Crippen LogP contribution >= 0.6 is 0 Å². The highest BCUT2D eigenvalue weighted by Gasteiger charge is 2.34. The first-order valence-electron chi connectivity index (χ1n) is 7.29. The summed E-state index contributed by atoms with van der Waals surface area (Å²) in [7, 11) is 0. The Bertz CT molecular complexity index is 251. The summed E-state index contributed by atoms with van der Waals surface area (Å²) in [6.07, 6.45) is 9.23. The van der Waals surface area contributed by atoms with Crippen LogP contribution in [0.5, 0.6) is 0 Å². The molecule has 2 saturated carbocycles. The van der Waals surface area contributed by atoms with Crippen LogP contribution in [-0.2, 0) is 4.79 Å². The Kier molecular flexibility index (Phi) is 4.84.